The Morgan fingerprint density at radius 3 is 2.57 bits per heavy atom. The largest absolute Gasteiger partial charge is 0.508 e. The molecule has 23 heavy (non-hydrogen) atoms. The van der Waals surface area contributed by atoms with Crippen LogP contribution in [0.3, 0.4) is 0 Å². The summed E-state index contributed by atoms with van der Waals surface area (Å²) in [5.41, 5.74) is 0.454. The highest BCUT2D eigenvalue weighted by molar-refractivity contribution is 6.09. The normalized spacial score (nSPS) is 10.7. The maximum absolute atomic E-state index is 12.1. The number of hydrogen-bond acceptors (Lipinski definition) is 5. The van der Waals surface area contributed by atoms with Crippen LogP contribution in [0.2, 0.25) is 0 Å². The molecule has 7 heteroatoms. The van der Waals surface area contributed by atoms with Crippen molar-refractivity contribution in [1.82, 2.24) is 0 Å². The maximum atomic E-state index is 12.1. The number of phenols is 1. The van der Waals surface area contributed by atoms with Crippen LogP contribution in [-0.2, 0) is 4.79 Å². The highest BCUT2D eigenvalue weighted by atomic mass is 16.6. The van der Waals surface area contributed by atoms with E-state index in [1.54, 1.807) is 18.2 Å². The number of nitro benzene ring substituents is 1. The van der Waals surface area contributed by atoms with Crippen LogP contribution in [0.25, 0.3) is 6.08 Å². The third-order valence-corrected chi connectivity index (χ3v) is 2.88. The summed E-state index contributed by atoms with van der Waals surface area (Å²) in [5, 5.41) is 31.4. The number of non-ortho nitro benzene ring substituents is 1. The molecule has 1 amide bonds. The van der Waals surface area contributed by atoms with Crippen LogP contribution in [-0.4, -0.2) is 15.9 Å². The number of hydrogen-bond donors (Lipinski definition) is 2. The number of carbonyl (C=O) groups is 1. The average Bonchev–Trinajstić information content (AvgIpc) is 2.54. The fourth-order valence-corrected chi connectivity index (χ4v) is 1.78. The second-order valence-corrected chi connectivity index (χ2v) is 4.52. The number of nitrogens with zero attached hydrogens (tertiary/aromatic N) is 2. The third-order valence-electron chi connectivity index (χ3n) is 2.88. The summed E-state index contributed by atoms with van der Waals surface area (Å²) in [7, 11) is 0. The molecule has 114 valence electrons. The summed E-state index contributed by atoms with van der Waals surface area (Å²) in [6.07, 6.45) is 1.35. The number of benzene rings is 2. The van der Waals surface area contributed by atoms with E-state index in [0.717, 1.165) is 0 Å². The zero-order valence-corrected chi connectivity index (χ0v) is 11.8. The molecule has 0 heterocycles. The Morgan fingerprint density at radius 1 is 1.26 bits per heavy atom. The number of phenolic OH excluding ortho intramolecular Hbond substituents is 1. The standard InChI is InChI=1S/C16H11N3O4/c17-10-12(8-11-4-6-15(20)7-5-11)16(21)18-13-2-1-3-14(9-13)19(22)23/h1-9,20H,(H,18,21)/b12-8+. The lowest BCUT2D eigenvalue weighted by molar-refractivity contribution is -0.384. The molecule has 2 aromatic rings. The van der Waals surface area contributed by atoms with Crippen LogP contribution >= 0.6 is 0 Å². The van der Waals surface area contributed by atoms with Crippen molar-refractivity contribution in [3.8, 4) is 11.8 Å². The van der Waals surface area contributed by atoms with Gasteiger partial charge in [0.15, 0.2) is 0 Å². The highest BCUT2D eigenvalue weighted by Crippen LogP contribution is 2.18. The molecule has 0 aliphatic rings. The quantitative estimate of drug-likeness (QED) is 0.390. The van der Waals surface area contributed by atoms with Crippen LogP contribution in [0.5, 0.6) is 5.75 Å². The van der Waals surface area contributed by atoms with Crippen molar-refractivity contribution >= 4 is 23.4 Å². The Kier molecular flexibility index (Phi) is 4.69. The zero-order chi connectivity index (χ0) is 16.8. The smallest absolute Gasteiger partial charge is 0.271 e. The number of nitro groups is 1. The van der Waals surface area contributed by atoms with E-state index >= 15 is 0 Å². The molecule has 0 aliphatic heterocycles. The van der Waals surface area contributed by atoms with Crippen molar-refractivity contribution in [2.75, 3.05) is 5.32 Å². The van der Waals surface area contributed by atoms with Crippen LogP contribution in [0.15, 0.2) is 54.1 Å². The van der Waals surface area contributed by atoms with Gasteiger partial charge in [0.1, 0.15) is 17.4 Å². The molecule has 0 radical (unpaired) electrons. The number of rotatable bonds is 4. The molecule has 7 nitrogen and oxygen atoms in total. The first-order valence-corrected chi connectivity index (χ1v) is 6.46. The molecule has 2 N–H and O–H groups in total. The van der Waals surface area contributed by atoms with Gasteiger partial charge in [-0.1, -0.05) is 18.2 Å². The molecule has 0 atom stereocenters. The molecule has 2 rings (SSSR count). The maximum Gasteiger partial charge on any atom is 0.271 e. The van der Waals surface area contributed by atoms with E-state index in [9.17, 15) is 20.0 Å². The fraction of sp³-hybridized carbons (Fsp3) is 0. The van der Waals surface area contributed by atoms with Crippen LogP contribution < -0.4 is 5.32 Å². The van der Waals surface area contributed by atoms with E-state index in [1.807, 2.05) is 0 Å². The monoisotopic (exact) mass is 309 g/mol. The van der Waals surface area contributed by atoms with Gasteiger partial charge in [0.25, 0.3) is 11.6 Å². The molecule has 0 saturated heterocycles. The van der Waals surface area contributed by atoms with Crippen LogP contribution in [0.1, 0.15) is 5.56 Å². The third kappa shape index (κ3) is 4.15. The van der Waals surface area contributed by atoms with E-state index in [1.165, 1.54) is 42.5 Å². The summed E-state index contributed by atoms with van der Waals surface area (Å²) in [6.45, 7) is 0. The number of aromatic hydroxyl groups is 1. The summed E-state index contributed by atoms with van der Waals surface area (Å²) in [6, 6.07) is 13.2. The van der Waals surface area contributed by atoms with Crippen molar-refractivity contribution in [2.24, 2.45) is 0 Å². The Balaban J connectivity index is 2.21. The summed E-state index contributed by atoms with van der Waals surface area (Å²) >= 11 is 0. The first-order chi connectivity index (χ1) is 11.0. The lowest BCUT2D eigenvalue weighted by Crippen LogP contribution is -2.13. The number of anilines is 1. The van der Waals surface area contributed by atoms with E-state index < -0.39 is 10.8 Å². The van der Waals surface area contributed by atoms with Gasteiger partial charge in [-0.15, -0.1) is 0 Å². The van der Waals surface area contributed by atoms with E-state index in [-0.39, 0.29) is 22.7 Å². The van der Waals surface area contributed by atoms with Crippen molar-refractivity contribution in [1.29, 1.82) is 5.26 Å². The Hall–Kier alpha value is -3.66. The summed E-state index contributed by atoms with van der Waals surface area (Å²) in [4.78, 5) is 22.2. The minimum absolute atomic E-state index is 0.0710. The number of nitrogens with one attached hydrogen (secondary N) is 1. The Morgan fingerprint density at radius 2 is 1.96 bits per heavy atom. The van der Waals surface area contributed by atoms with Gasteiger partial charge >= 0.3 is 0 Å². The van der Waals surface area contributed by atoms with E-state index in [2.05, 4.69) is 5.32 Å². The molecule has 0 bridgehead atoms. The van der Waals surface area contributed by atoms with Gasteiger partial charge in [-0.05, 0) is 29.8 Å². The molecular weight excluding hydrogens is 298 g/mol. The van der Waals surface area contributed by atoms with Gasteiger partial charge in [0.2, 0.25) is 0 Å². The molecule has 0 saturated carbocycles. The van der Waals surface area contributed by atoms with Gasteiger partial charge in [-0.3, -0.25) is 14.9 Å². The molecule has 0 unspecified atom stereocenters. The topological polar surface area (TPSA) is 116 Å². The van der Waals surface area contributed by atoms with Crippen molar-refractivity contribution in [3.05, 3.63) is 69.8 Å². The Labute approximate surface area is 131 Å². The number of carbonyl (C=O) groups excluding carboxylic acids is 1. The van der Waals surface area contributed by atoms with Crippen molar-refractivity contribution < 1.29 is 14.8 Å². The first-order valence-electron chi connectivity index (χ1n) is 6.46. The Bertz CT molecular complexity index is 820. The molecule has 0 spiro atoms. The van der Waals surface area contributed by atoms with E-state index in [4.69, 9.17) is 5.26 Å². The molecular formula is C16H11N3O4. The van der Waals surface area contributed by atoms with E-state index in [0.29, 0.717) is 5.56 Å². The average molecular weight is 309 g/mol. The summed E-state index contributed by atoms with van der Waals surface area (Å²) in [5.74, 6) is -0.609. The van der Waals surface area contributed by atoms with Crippen molar-refractivity contribution in [2.45, 2.75) is 0 Å². The first kappa shape index (κ1) is 15.7. The molecule has 0 aromatic heterocycles. The number of nitriles is 1. The minimum atomic E-state index is -0.680. The van der Waals surface area contributed by atoms with Gasteiger partial charge in [-0.2, -0.15) is 5.26 Å². The minimum Gasteiger partial charge on any atom is -0.508 e. The lowest BCUT2D eigenvalue weighted by Gasteiger charge is -2.04. The second-order valence-electron chi connectivity index (χ2n) is 4.52. The SMILES string of the molecule is N#C/C(=C\c1ccc(O)cc1)C(=O)Nc1cccc([N+](=O)[O-])c1. The summed E-state index contributed by atoms with van der Waals surface area (Å²) < 4.78 is 0. The van der Waals surface area contributed by atoms with Gasteiger partial charge in [0, 0.05) is 17.8 Å². The predicted octanol–water partition coefficient (Wildman–Crippen LogP) is 2.85. The zero-order valence-electron chi connectivity index (χ0n) is 11.8. The van der Waals surface area contributed by atoms with Crippen molar-refractivity contribution in [3.63, 3.8) is 0 Å². The molecule has 0 aliphatic carbocycles. The fourth-order valence-electron chi connectivity index (χ4n) is 1.78. The van der Waals surface area contributed by atoms with Crippen LogP contribution in [0, 0.1) is 21.4 Å². The second kappa shape index (κ2) is 6.87. The van der Waals surface area contributed by atoms with Gasteiger partial charge < -0.3 is 10.4 Å². The van der Waals surface area contributed by atoms with Crippen LogP contribution in [0.4, 0.5) is 11.4 Å². The molecule has 2 aromatic carbocycles. The number of amides is 1. The van der Waals surface area contributed by atoms with Gasteiger partial charge in [-0.25, -0.2) is 0 Å². The predicted molar refractivity (Wildman–Crippen MR) is 83.4 cm³/mol. The van der Waals surface area contributed by atoms with Gasteiger partial charge in [0.05, 0.1) is 4.92 Å². The molecule has 0 fully saturated rings. The highest BCUT2D eigenvalue weighted by Gasteiger charge is 2.12. The lowest BCUT2D eigenvalue weighted by atomic mass is 10.1.